The van der Waals surface area contributed by atoms with Gasteiger partial charge < -0.3 is 20.5 Å². The minimum absolute atomic E-state index is 0.315. The number of hydrogen-bond acceptors (Lipinski definition) is 4. The Hall–Kier alpha value is -1.26. The predicted molar refractivity (Wildman–Crippen MR) is 81.8 cm³/mol. The van der Waals surface area contributed by atoms with E-state index in [1.807, 2.05) is 18.2 Å². The molecule has 1 aromatic carbocycles. The summed E-state index contributed by atoms with van der Waals surface area (Å²) in [6.45, 7) is 5.48. The molecule has 1 aliphatic heterocycles. The smallest absolute Gasteiger partial charge is 0.121 e. The van der Waals surface area contributed by atoms with Crippen LogP contribution >= 0.6 is 0 Å². The van der Waals surface area contributed by atoms with Crippen molar-refractivity contribution >= 4 is 5.69 Å². The average Bonchev–Trinajstić information content (AvgIpc) is 2.62. The van der Waals surface area contributed by atoms with Crippen molar-refractivity contribution in [2.24, 2.45) is 5.92 Å². The van der Waals surface area contributed by atoms with Crippen molar-refractivity contribution in [2.75, 3.05) is 32.0 Å². The van der Waals surface area contributed by atoms with Gasteiger partial charge in [-0.2, -0.15) is 0 Å². The molecule has 1 saturated heterocycles. The molecule has 112 valence electrons. The fourth-order valence-electron chi connectivity index (χ4n) is 2.65. The van der Waals surface area contributed by atoms with Crippen LogP contribution in [0.3, 0.4) is 0 Å². The number of nitrogens with zero attached hydrogens (tertiary/aromatic N) is 1. The van der Waals surface area contributed by atoms with Crippen LogP contribution < -0.4 is 10.5 Å². The first-order valence-electron chi connectivity index (χ1n) is 7.52. The van der Waals surface area contributed by atoms with Crippen LogP contribution in [0.5, 0.6) is 5.75 Å². The van der Waals surface area contributed by atoms with Crippen LogP contribution in [0.4, 0.5) is 5.69 Å². The van der Waals surface area contributed by atoms with Crippen molar-refractivity contribution in [3.05, 3.63) is 24.3 Å². The Morgan fingerprint density at radius 3 is 3.05 bits per heavy atom. The molecule has 1 aliphatic rings. The van der Waals surface area contributed by atoms with Crippen molar-refractivity contribution < 1.29 is 9.84 Å². The zero-order valence-electron chi connectivity index (χ0n) is 12.3. The quantitative estimate of drug-likeness (QED) is 0.810. The van der Waals surface area contributed by atoms with E-state index in [-0.39, 0.29) is 0 Å². The Kier molecular flexibility index (Phi) is 5.68. The fraction of sp³-hybridized carbons (Fsp3) is 0.625. The predicted octanol–water partition coefficient (Wildman–Crippen LogP) is 2.13. The molecule has 0 aliphatic carbocycles. The van der Waals surface area contributed by atoms with Gasteiger partial charge in [0, 0.05) is 18.3 Å². The molecule has 2 atom stereocenters. The number of nitrogen functional groups attached to an aromatic ring is 1. The summed E-state index contributed by atoms with van der Waals surface area (Å²) in [6, 6.07) is 7.31. The lowest BCUT2D eigenvalue weighted by Crippen LogP contribution is -2.36. The first-order valence-corrected chi connectivity index (χ1v) is 7.52. The molecule has 0 spiro atoms. The maximum absolute atomic E-state index is 10.1. The van der Waals surface area contributed by atoms with Gasteiger partial charge in [-0.1, -0.05) is 13.0 Å². The lowest BCUT2D eigenvalue weighted by Gasteiger charge is -2.23. The molecule has 3 N–H and O–H groups in total. The molecule has 0 amide bonds. The summed E-state index contributed by atoms with van der Waals surface area (Å²) in [5.74, 6) is 1.52. The van der Waals surface area contributed by atoms with E-state index in [1.165, 1.54) is 19.3 Å². The SMILES string of the molecule is CC1CCCN(CC(O)COc2cccc(N)c2)CC1. The van der Waals surface area contributed by atoms with Gasteiger partial charge >= 0.3 is 0 Å². The molecule has 20 heavy (non-hydrogen) atoms. The van der Waals surface area contributed by atoms with E-state index in [1.54, 1.807) is 6.07 Å². The van der Waals surface area contributed by atoms with E-state index in [4.69, 9.17) is 10.5 Å². The van der Waals surface area contributed by atoms with Gasteiger partial charge in [-0.05, 0) is 50.4 Å². The highest BCUT2D eigenvalue weighted by Gasteiger charge is 2.17. The molecule has 4 heteroatoms. The van der Waals surface area contributed by atoms with Crippen LogP contribution in [0.2, 0.25) is 0 Å². The zero-order chi connectivity index (χ0) is 14.4. The minimum Gasteiger partial charge on any atom is -0.491 e. The van der Waals surface area contributed by atoms with Crippen molar-refractivity contribution in [3.63, 3.8) is 0 Å². The van der Waals surface area contributed by atoms with Crippen LogP contribution in [-0.2, 0) is 0 Å². The summed E-state index contributed by atoms with van der Waals surface area (Å²) >= 11 is 0. The average molecular weight is 278 g/mol. The summed E-state index contributed by atoms with van der Waals surface area (Å²) < 4.78 is 5.59. The van der Waals surface area contributed by atoms with E-state index >= 15 is 0 Å². The fourth-order valence-corrected chi connectivity index (χ4v) is 2.65. The second kappa shape index (κ2) is 7.50. The third-order valence-corrected chi connectivity index (χ3v) is 3.88. The van der Waals surface area contributed by atoms with Crippen LogP contribution in [0.1, 0.15) is 26.2 Å². The number of nitrogens with two attached hydrogens (primary N) is 1. The first-order chi connectivity index (χ1) is 9.63. The molecule has 1 aromatic rings. The van der Waals surface area contributed by atoms with E-state index in [0.717, 1.165) is 19.0 Å². The third-order valence-electron chi connectivity index (χ3n) is 3.88. The topological polar surface area (TPSA) is 58.7 Å². The van der Waals surface area contributed by atoms with Crippen LogP contribution in [0.25, 0.3) is 0 Å². The molecule has 0 radical (unpaired) electrons. The molecule has 1 fully saturated rings. The Bertz CT molecular complexity index is 411. The van der Waals surface area contributed by atoms with Gasteiger partial charge in [-0.25, -0.2) is 0 Å². The number of β-amino-alcohol motifs (C(OH)–C–C–N with tert-alkyl or cyclic N) is 1. The Balaban J connectivity index is 1.73. The number of aliphatic hydroxyl groups is 1. The van der Waals surface area contributed by atoms with Crippen LogP contribution in [-0.4, -0.2) is 42.4 Å². The number of hydrogen-bond donors (Lipinski definition) is 2. The van der Waals surface area contributed by atoms with Crippen molar-refractivity contribution in [3.8, 4) is 5.75 Å². The molecular weight excluding hydrogens is 252 g/mol. The van der Waals surface area contributed by atoms with Gasteiger partial charge in [0.15, 0.2) is 0 Å². The largest absolute Gasteiger partial charge is 0.491 e. The number of rotatable bonds is 5. The third kappa shape index (κ3) is 5.02. The molecule has 4 nitrogen and oxygen atoms in total. The monoisotopic (exact) mass is 278 g/mol. The standard InChI is InChI=1S/C16H26N2O2/c1-13-4-3-8-18(9-7-13)11-15(19)12-20-16-6-2-5-14(17)10-16/h2,5-6,10,13,15,19H,3-4,7-9,11-12,17H2,1H3. The second-order valence-corrected chi connectivity index (χ2v) is 5.87. The first kappa shape index (κ1) is 15.1. The highest BCUT2D eigenvalue weighted by atomic mass is 16.5. The lowest BCUT2D eigenvalue weighted by atomic mass is 10.0. The number of anilines is 1. The molecule has 0 bridgehead atoms. The van der Waals surface area contributed by atoms with E-state index in [0.29, 0.717) is 24.6 Å². The maximum Gasteiger partial charge on any atom is 0.121 e. The summed E-state index contributed by atoms with van der Waals surface area (Å²) in [4.78, 5) is 2.34. The van der Waals surface area contributed by atoms with Gasteiger partial charge in [0.1, 0.15) is 18.5 Å². The molecule has 1 heterocycles. The number of aliphatic hydroxyl groups excluding tert-OH is 1. The van der Waals surface area contributed by atoms with Crippen molar-refractivity contribution in [1.29, 1.82) is 0 Å². The van der Waals surface area contributed by atoms with E-state index < -0.39 is 6.10 Å². The Morgan fingerprint density at radius 1 is 1.40 bits per heavy atom. The van der Waals surface area contributed by atoms with Gasteiger partial charge in [0.05, 0.1) is 0 Å². The zero-order valence-corrected chi connectivity index (χ0v) is 12.3. The van der Waals surface area contributed by atoms with Gasteiger partial charge in [-0.15, -0.1) is 0 Å². The van der Waals surface area contributed by atoms with Gasteiger partial charge in [0.2, 0.25) is 0 Å². The van der Waals surface area contributed by atoms with Gasteiger partial charge in [0.25, 0.3) is 0 Å². The summed E-state index contributed by atoms with van der Waals surface area (Å²) in [5, 5.41) is 10.1. The molecule has 0 saturated carbocycles. The Labute approximate surface area is 121 Å². The molecular formula is C16H26N2O2. The normalized spacial score (nSPS) is 22.2. The highest BCUT2D eigenvalue weighted by Crippen LogP contribution is 2.17. The second-order valence-electron chi connectivity index (χ2n) is 5.87. The maximum atomic E-state index is 10.1. The number of ether oxygens (including phenoxy) is 1. The molecule has 0 aromatic heterocycles. The van der Waals surface area contributed by atoms with Gasteiger partial charge in [-0.3, -0.25) is 0 Å². The lowest BCUT2D eigenvalue weighted by molar-refractivity contribution is 0.0691. The van der Waals surface area contributed by atoms with Crippen molar-refractivity contribution in [2.45, 2.75) is 32.3 Å². The van der Waals surface area contributed by atoms with Crippen LogP contribution in [0, 0.1) is 5.92 Å². The highest BCUT2D eigenvalue weighted by molar-refractivity contribution is 5.43. The summed E-state index contributed by atoms with van der Waals surface area (Å²) in [6.07, 6.45) is 3.30. The summed E-state index contributed by atoms with van der Waals surface area (Å²) in [5.41, 5.74) is 6.37. The number of benzene rings is 1. The minimum atomic E-state index is -0.454. The van der Waals surface area contributed by atoms with Crippen LogP contribution in [0.15, 0.2) is 24.3 Å². The van der Waals surface area contributed by atoms with Crippen molar-refractivity contribution in [1.82, 2.24) is 4.90 Å². The Morgan fingerprint density at radius 2 is 2.25 bits per heavy atom. The van der Waals surface area contributed by atoms with E-state index in [2.05, 4.69) is 11.8 Å². The number of likely N-dealkylation sites (tertiary alicyclic amines) is 1. The van der Waals surface area contributed by atoms with E-state index in [9.17, 15) is 5.11 Å². The molecule has 2 rings (SSSR count). The molecule has 2 unspecified atom stereocenters. The summed E-state index contributed by atoms with van der Waals surface area (Å²) in [7, 11) is 0.